The summed E-state index contributed by atoms with van der Waals surface area (Å²) in [5, 5.41) is 0. The molecule has 0 saturated heterocycles. The fourth-order valence-electron chi connectivity index (χ4n) is 1.33. The molecular weight excluding hydrogens is 206 g/mol. The summed E-state index contributed by atoms with van der Waals surface area (Å²) in [5.74, 6) is 0.185. The van der Waals surface area contributed by atoms with Crippen LogP contribution in [0.15, 0.2) is 24.3 Å². The first-order chi connectivity index (χ1) is 7.71. The summed E-state index contributed by atoms with van der Waals surface area (Å²) in [6, 6.07) is 7.58. The quantitative estimate of drug-likeness (QED) is 0.760. The van der Waals surface area contributed by atoms with E-state index in [4.69, 9.17) is 10.5 Å². The SMILES string of the molecule is CCc1cccc(OC(CN)C(=O)OC)c1. The summed E-state index contributed by atoms with van der Waals surface area (Å²) in [5.41, 5.74) is 6.59. The van der Waals surface area contributed by atoms with Gasteiger partial charge in [-0.3, -0.25) is 0 Å². The highest BCUT2D eigenvalue weighted by molar-refractivity contribution is 5.75. The maximum absolute atomic E-state index is 11.3. The Bertz CT molecular complexity index is 352. The van der Waals surface area contributed by atoms with E-state index in [1.54, 1.807) is 6.07 Å². The number of ether oxygens (including phenoxy) is 2. The van der Waals surface area contributed by atoms with Crippen molar-refractivity contribution in [1.29, 1.82) is 0 Å². The van der Waals surface area contributed by atoms with Crippen LogP contribution in [0.2, 0.25) is 0 Å². The first-order valence-electron chi connectivity index (χ1n) is 5.24. The van der Waals surface area contributed by atoms with Crippen LogP contribution in [0.4, 0.5) is 0 Å². The van der Waals surface area contributed by atoms with Crippen molar-refractivity contribution in [2.45, 2.75) is 19.4 Å². The summed E-state index contributed by atoms with van der Waals surface area (Å²) < 4.78 is 10.0. The molecular formula is C12H17NO3. The predicted octanol–water partition coefficient (Wildman–Crippen LogP) is 1.13. The average molecular weight is 223 g/mol. The smallest absolute Gasteiger partial charge is 0.348 e. The summed E-state index contributed by atoms with van der Waals surface area (Å²) in [7, 11) is 1.32. The number of carbonyl (C=O) groups is 1. The first kappa shape index (κ1) is 12.5. The Morgan fingerprint density at radius 1 is 1.50 bits per heavy atom. The molecule has 0 aliphatic carbocycles. The van der Waals surface area contributed by atoms with Crippen LogP contribution in [-0.4, -0.2) is 25.7 Å². The number of hydrogen-bond donors (Lipinski definition) is 1. The molecule has 0 amide bonds. The van der Waals surface area contributed by atoms with Crippen molar-refractivity contribution in [2.75, 3.05) is 13.7 Å². The molecule has 0 bridgehead atoms. The van der Waals surface area contributed by atoms with Crippen molar-refractivity contribution in [2.24, 2.45) is 5.73 Å². The Labute approximate surface area is 95.3 Å². The van der Waals surface area contributed by atoms with Crippen molar-refractivity contribution in [1.82, 2.24) is 0 Å². The van der Waals surface area contributed by atoms with Crippen LogP contribution in [0.5, 0.6) is 5.75 Å². The number of methoxy groups -OCH3 is 1. The van der Waals surface area contributed by atoms with E-state index in [2.05, 4.69) is 11.7 Å². The zero-order chi connectivity index (χ0) is 12.0. The van der Waals surface area contributed by atoms with Crippen molar-refractivity contribution in [3.05, 3.63) is 29.8 Å². The summed E-state index contributed by atoms with van der Waals surface area (Å²) in [6.07, 6.45) is 0.181. The maximum atomic E-state index is 11.3. The molecule has 0 heterocycles. The van der Waals surface area contributed by atoms with Gasteiger partial charge in [-0.05, 0) is 24.1 Å². The van der Waals surface area contributed by atoms with E-state index in [1.807, 2.05) is 18.2 Å². The number of rotatable bonds is 5. The summed E-state index contributed by atoms with van der Waals surface area (Å²) >= 11 is 0. The fraction of sp³-hybridized carbons (Fsp3) is 0.417. The number of nitrogens with two attached hydrogens (primary N) is 1. The Hall–Kier alpha value is -1.55. The molecule has 1 aromatic carbocycles. The maximum Gasteiger partial charge on any atom is 0.348 e. The second-order valence-electron chi connectivity index (χ2n) is 3.37. The third-order valence-corrected chi connectivity index (χ3v) is 2.26. The lowest BCUT2D eigenvalue weighted by atomic mass is 10.2. The van der Waals surface area contributed by atoms with Crippen LogP contribution in [0.1, 0.15) is 12.5 Å². The standard InChI is InChI=1S/C12H17NO3/c1-3-9-5-4-6-10(7-9)16-11(8-13)12(14)15-2/h4-7,11H,3,8,13H2,1-2H3. The van der Waals surface area contributed by atoms with E-state index in [1.165, 1.54) is 7.11 Å². The van der Waals surface area contributed by atoms with Gasteiger partial charge in [-0.25, -0.2) is 4.79 Å². The van der Waals surface area contributed by atoms with Gasteiger partial charge in [-0.1, -0.05) is 19.1 Å². The van der Waals surface area contributed by atoms with Gasteiger partial charge in [-0.15, -0.1) is 0 Å². The van der Waals surface area contributed by atoms with E-state index < -0.39 is 12.1 Å². The minimum Gasteiger partial charge on any atom is -0.477 e. The molecule has 0 aromatic heterocycles. The van der Waals surface area contributed by atoms with Crippen molar-refractivity contribution < 1.29 is 14.3 Å². The molecule has 88 valence electrons. The number of benzene rings is 1. The number of esters is 1. The Balaban J connectivity index is 2.73. The Kier molecular flexibility index (Phi) is 4.79. The molecule has 0 aliphatic rings. The summed E-state index contributed by atoms with van der Waals surface area (Å²) in [4.78, 5) is 11.3. The van der Waals surface area contributed by atoms with Crippen LogP contribution < -0.4 is 10.5 Å². The van der Waals surface area contributed by atoms with E-state index in [-0.39, 0.29) is 6.54 Å². The Morgan fingerprint density at radius 3 is 2.81 bits per heavy atom. The molecule has 1 atom stereocenters. The molecule has 1 unspecified atom stereocenters. The number of carbonyl (C=O) groups excluding carboxylic acids is 1. The number of hydrogen-bond acceptors (Lipinski definition) is 4. The molecule has 2 N–H and O–H groups in total. The molecule has 16 heavy (non-hydrogen) atoms. The van der Waals surface area contributed by atoms with E-state index >= 15 is 0 Å². The van der Waals surface area contributed by atoms with Gasteiger partial charge < -0.3 is 15.2 Å². The van der Waals surface area contributed by atoms with Gasteiger partial charge >= 0.3 is 5.97 Å². The highest BCUT2D eigenvalue weighted by Crippen LogP contribution is 2.15. The highest BCUT2D eigenvalue weighted by Gasteiger charge is 2.18. The van der Waals surface area contributed by atoms with Crippen LogP contribution in [-0.2, 0) is 16.0 Å². The highest BCUT2D eigenvalue weighted by atomic mass is 16.6. The molecule has 4 heteroatoms. The van der Waals surface area contributed by atoms with Crippen molar-refractivity contribution >= 4 is 5.97 Å². The minimum absolute atomic E-state index is 0.100. The average Bonchev–Trinajstić information content (AvgIpc) is 2.35. The lowest BCUT2D eigenvalue weighted by Crippen LogP contribution is -2.35. The second kappa shape index (κ2) is 6.12. The van der Waals surface area contributed by atoms with Gasteiger partial charge in [0.15, 0.2) is 0 Å². The lowest BCUT2D eigenvalue weighted by molar-refractivity contribution is -0.148. The van der Waals surface area contributed by atoms with Gasteiger partial charge in [0.2, 0.25) is 6.10 Å². The van der Waals surface area contributed by atoms with Crippen molar-refractivity contribution in [3.8, 4) is 5.75 Å². The molecule has 0 aliphatic heterocycles. The molecule has 1 aromatic rings. The largest absolute Gasteiger partial charge is 0.477 e. The predicted molar refractivity (Wildman–Crippen MR) is 61.3 cm³/mol. The molecule has 0 fully saturated rings. The van der Waals surface area contributed by atoms with E-state index in [0.717, 1.165) is 12.0 Å². The normalized spacial score (nSPS) is 11.9. The molecule has 0 radical (unpaired) electrons. The van der Waals surface area contributed by atoms with Crippen LogP contribution in [0, 0.1) is 0 Å². The van der Waals surface area contributed by atoms with Gasteiger partial charge in [0.25, 0.3) is 0 Å². The zero-order valence-electron chi connectivity index (χ0n) is 9.60. The summed E-state index contributed by atoms with van der Waals surface area (Å²) in [6.45, 7) is 2.16. The van der Waals surface area contributed by atoms with Gasteiger partial charge in [-0.2, -0.15) is 0 Å². The van der Waals surface area contributed by atoms with Crippen LogP contribution >= 0.6 is 0 Å². The van der Waals surface area contributed by atoms with Gasteiger partial charge in [0, 0.05) is 6.54 Å². The zero-order valence-corrected chi connectivity index (χ0v) is 9.60. The molecule has 0 saturated carbocycles. The second-order valence-corrected chi connectivity index (χ2v) is 3.37. The first-order valence-corrected chi connectivity index (χ1v) is 5.24. The Morgan fingerprint density at radius 2 is 2.25 bits per heavy atom. The van der Waals surface area contributed by atoms with Gasteiger partial charge in [0.1, 0.15) is 5.75 Å². The van der Waals surface area contributed by atoms with Crippen molar-refractivity contribution in [3.63, 3.8) is 0 Å². The number of aryl methyl sites for hydroxylation is 1. The fourth-order valence-corrected chi connectivity index (χ4v) is 1.33. The third-order valence-electron chi connectivity index (χ3n) is 2.26. The van der Waals surface area contributed by atoms with E-state index in [9.17, 15) is 4.79 Å². The van der Waals surface area contributed by atoms with Gasteiger partial charge in [0.05, 0.1) is 7.11 Å². The molecule has 1 rings (SSSR count). The third kappa shape index (κ3) is 3.24. The minimum atomic E-state index is -0.739. The van der Waals surface area contributed by atoms with E-state index in [0.29, 0.717) is 5.75 Å². The van der Waals surface area contributed by atoms with Crippen LogP contribution in [0.3, 0.4) is 0 Å². The van der Waals surface area contributed by atoms with Crippen LogP contribution in [0.25, 0.3) is 0 Å². The monoisotopic (exact) mass is 223 g/mol. The molecule has 0 spiro atoms. The lowest BCUT2D eigenvalue weighted by Gasteiger charge is -2.15. The topological polar surface area (TPSA) is 61.5 Å². The molecule has 4 nitrogen and oxygen atoms in total.